The summed E-state index contributed by atoms with van der Waals surface area (Å²) < 4.78 is 0. The van der Waals surface area contributed by atoms with Crippen molar-refractivity contribution < 1.29 is 24.6 Å². The fraction of sp³-hybridized carbons (Fsp3) is 0.516. The molecule has 1 unspecified atom stereocenters. The van der Waals surface area contributed by atoms with Gasteiger partial charge in [0.2, 0.25) is 11.8 Å². The van der Waals surface area contributed by atoms with Gasteiger partial charge >= 0.3 is 5.97 Å². The number of carboxylic acid groups (broad SMARTS) is 1. The quantitative estimate of drug-likeness (QED) is 0.256. The maximum atomic E-state index is 13.3. The summed E-state index contributed by atoms with van der Waals surface area (Å²) in [6, 6.07) is 10.7. The fourth-order valence-corrected chi connectivity index (χ4v) is 5.73. The number of unbranched alkanes of at least 4 members (excludes halogenated alkanes) is 1. The van der Waals surface area contributed by atoms with E-state index in [0.717, 1.165) is 29.9 Å². The van der Waals surface area contributed by atoms with Crippen LogP contribution in [-0.4, -0.2) is 41.1 Å². The summed E-state index contributed by atoms with van der Waals surface area (Å²) in [7, 11) is 0. The van der Waals surface area contributed by atoms with E-state index in [1.165, 1.54) is 38.5 Å². The number of aliphatic hydroxyl groups excluding tert-OH is 1. The highest BCUT2D eigenvalue weighted by molar-refractivity contribution is 6.01. The standard InChI is InChI=1S/C31H42N2O5/c1-21-23(13-9-16-28(35)36)17-18-25(29(21)24-14-5-6-15-26(24)30(32)37)27(20-34)31(38)33-19-8-7-12-22-10-3-2-4-11-22/h5-6,14-15,17-18,22,27,34H,2-4,7-13,16,19-20H2,1H3,(H2,32,37)(H,33,38)(H,35,36). The van der Waals surface area contributed by atoms with Gasteiger partial charge in [0, 0.05) is 18.5 Å². The molecule has 0 aromatic heterocycles. The average molecular weight is 523 g/mol. The van der Waals surface area contributed by atoms with E-state index in [4.69, 9.17) is 10.8 Å². The summed E-state index contributed by atoms with van der Waals surface area (Å²) in [4.78, 5) is 36.5. The maximum absolute atomic E-state index is 13.3. The average Bonchev–Trinajstić information content (AvgIpc) is 2.90. The first-order chi connectivity index (χ1) is 18.3. The lowest BCUT2D eigenvalue weighted by Crippen LogP contribution is -2.32. The number of aliphatic carboxylic acids is 1. The minimum absolute atomic E-state index is 0.0524. The van der Waals surface area contributed by atoms with Crippen molar-refractivity contribution in [1.29, 1.82) is 0 Å². The third-order valence-corrected chi connectivity index (χ3v) is 7.85. The Morgan fingerprint density at radius 1 is 1.03 bits per heavy atom. The molecular weight excluding hydrogens is 480 g/mol. The summed E-state index contributed by atoms with van der Waals surface area (Å²) in [5, 5.41) is 22.4. The van der Waals surface area contributed by atoms with Crippen molar-refractivity contribution in [2.45, 2.75) is 83.5 Å². The van der Waals surface area contributed by atoms with Crippen molar-refractivity contribution >= 4 is 17.8 Å². The van der Waals surface area contributed by atoms with Gasteiger partial charge in [0.15, 0.2) is 0 Å². The largest absolute Gasteiger partial charge is 0.481 e. The molecule has 2 aromatic carbocycles. The summed E-state index contributed by atoms with van der Waals surface area (Å²) in [6.07, 6.45) is 10.9. The number of hydrogen-bond donors (Lipinski definition) is 4. The van der Waals surface area contributed by atoms with Gasteiger partial charge in [-0.3, -0.25) is 14.4 Å². The Morgan fingerprint density at radius 2 is 1.76 bits per heavy atom. The van der Waals surface area contributed by atoms with Crippen LogP contribution >= 0.6 is 0 Å². The number of nitrogens with two attached hydrogens (primary N) is 1. The Balaban J connectivity index is 1.82. The van der Waals surface area contributed by atoms with Crippen LogP contribution in [0.5, 0.6) is 0 Å². The molecule has 0 bridgehead atoms. The van der Waals surface area contributed by atoms with Gasteiger partial charge in [-0.1, -0.05) is 75.3 Å². The molecule has 1 fully saturated rings. The molecule has 206 valence electrons. The van der Waals surface area contributed by atoms with Gasteiger partial charge in [-0.25, -0.2) is 0 Å². The predicted octanol–water partition coefficient (Wildman–Crippen LogP) is 5.11. The zero-order valence-electron chi connectivity index (χ0n) is 22.5. The van der Waals surface area contributed by atoms with Gasteiger partial charge in [0.05, 0.1) is 12.5 Å². The number of benzene rings is 2. The van der Waals surface area contributed by atoms with E-state index >= 15 is 0 Å². The number of carboxylic acids is 1. The highest BCUT2D eigenvalue weighted by Crippen LogP contribution is 2.37. The Bertz CT molecular complexity index is 1110. The van der Waals surface area contributed by atoms with Gasteiger partial charge < -0.3 is 21.3 Å². The van der Waals surface area contributed by atoms with Crippen molar-refractivity contribution in [2.24, 2.45) is 11.7 Å². The summed E-state index contributed by atoms with van der Waals surface area (Å²) in [6.45, 7) is 2.09. The van der Waals surface area contributed by atoms with Crippen LogP contribution in [0.3, 0.4) is 0 Å². The second-order valence-corrected chi connectivity index (χ2v) is 10.5. The number of aryl methyl sites for hydroxylation is 1. The Hall–Kier alpha value is -3.19. The number of aliphatic hydroxyl groups is 1. The van der Waals surface area contributed by atoms with Crippen LogP contribution in [0.1, 0.15) is 97.2 Å². The molecule has 1 saturated carbocycles. The number of primary amides is 1. The number of hydrogen-bond acceptors (Lipinski definition) is 4. The molecule has 7 heteroatoms. The van der Waals surface area contributed by atoms with Crippen molar-refractivity contribution in [1.82, 2.24) is 5.32 Å². The second kappa shape index (κ2) is 14.7. The van der Waals surface area contributed by atoms with E-state index in [0.29, 0.717) is 41.6 Å². The maximum Gasteiger partial charge on any atom is 0.303 e. The highest BCUT2D eigenvalue weighted by Gasteiger charge is 2.26. The molecule has 2 aromatic rings. The molecular formula is C31H42N2O5. The van der Waals surface area contributed by atoms with Crippen LogP contribution in [-0.2, 0) is 16.0 Å². The van der Waals surface area contributed by atoms with Crippen LogP contribution in [0, 0.1) is 12.8 Å². The molecule has 0 heterocycles. The zero-order chi connectivity index (χ0) is 27.5. The smallest absolute Gasteiger partial charge is 0.303 e. The molecule has 0 radical (unpaired) electrons. The first-order valence-electron chi connectivity index (χ1n) is 13.9. The highest BCUT2D eigenvalue weighted by atomic mass is 16.4. The van der Waals surface area contributed by atoms with Crippen molar-refractivity contribution in [3.05, 3.63) is 58.7 Å². The van der Waals surface area contributed by atoms with E-state index in [9.17, 15) is 19.5 Å². The lowest BCUT2D eigenvalue weighted by atomic mass is 9.83. The van der Waals surface area contributed by atoms with E-state index < -0.39 is 17.8 Å². The van der Waals surface area contributed by atoms with E-state index in [2.05, 4.69) is 5.32 Å². The topological polar surface area (TPSA) is 130 Å². The molecule has 1 atom stereocenters. The molecule has 0 saturated heterocycles. The second-order valence-electron chi connectivity index (χ2n) is 10.5. The predicted molar refractivity (Wildman–Crippen MR) is 149 cm³/mol. The van der Waals surface area contributed by atoms with Crippen molar-refractivity contribution in [3.63, 3.8) is 0 Å². The third kappa shape index (κ3) is 7.90. The summed E-state index contributed by atoms with van der Waals surface area (Å²) in [5.74, 6) is -1.67. The van der Waals surface area contributed by atoms with E-state index in [1.807, 2.05) is 25.1 Å². The molecule has 1 aliphatic rings. The molecule has 0 spiro atoms. The van der Waals surface area contributed by atoms with Crippen molar-refractivity contribution in [3.8, 4) is 11.1 Å². The normalized spacial score (nSPS) is 14.7. The number of rotatable bonds is 14. The van der Waals surface area contributed by atoms with Crippen LogP contribution in [0.25, 0.3) is 11.1 Å². The molecule has 7 nitrogen and oxygen atoms in total. The van der Waals surface area contributed by atoms with Crippen LogP contribution in [0.15, 0.2) is 36.4 Å². The Kier molecular flexibility index (Phi) is 11.3. The lowest BCUT2D eigenvalue weighted by Gasteiger charge is -2.23. The molecule has 2 amide bonds. The van der Waals surface area contributed by atoms with Crippen LogP contribution in [0.4, 0.5) is 0 Å². The lowest BCUT2D eigenvalue weighted by molar-refractivity contribution is -0.137. The van der Waals surface area contributed by atoms with Gasteiger partial charge in [-0.2, -0.15) is 0 Å². The van der Waals surface area contributed by atoms with Crippen LogP contribution < -0.4 is 11.1 Å². The molecule has 38 heavy (non-hydrogen) atoms. The number of carbonyl (C=O) groups is 3. The molecule has 1 aliphatic carbocycles. The summed E-state index contributed by atoms with van der Waals surface area (Å²) >= 11 is 0. The van der Waals surface area contributed by atoms with Crippen LogP contribution in [0.2, 0.25) is 0 Å². The number of carbonyl (C=O) groups excluding carboxylic acids is 2. The first-order valence-corrected chi connectivity index (χ1v) is 13.9. The van der Waals surface area contributed by atoms with E-state index in [1.54, 1.807) is 18.2 Å². The number of nitrogens with one attached hydrogen (secondary N) is 1. The SMILES string of the molecule is Cc1c(CCCC(=O)O)ccc(C(CO)C(=O)NCCCCC2CCCCC2)c1-c1ccccc1C(N)=O. The molecule has 3 rings (SSSR count). The minimum atomic E-state index is -0.852. The molecule has 5 N–H and O–H groups in total. The number of amides is 2. The Labute approximate surface area is 225 Å². The van der Waals surface area contributed by atoms with Gasteiger partial charge in [-0.15, -0.1) is 0 Å². The minimum Gasteiger partial charge on any atom is -0.481 e. The molecule has 0 aliphatic heterocycles. The van der Waals surface area contributed by atoms with Crippen molar-refractivity contribution in [2.75, 3.05) is 13.2 Å². The van der Waals surface area contributed by atoms with Gasteiger partial charge in [0.1, 0.15) is 0 Å². The zero-order valence-corrected chi connectivity index (χ0v) is 22.5. The third-order valence-electron chi connectivity index (χ3n) is 7.85. The fourth-order valence-electron chi connectivity index (χ4n) is 5.73. The Morgan fingerprint density at radius 3 is 2.45 bits per heavy atom. The first kappa shape index (κ1) is 29.4. The van der Waals surface area contributed by atoms with Gasteiger partial charge in [-0.05, 0) is 66.0 Å². The van der Waals surface area contributed by atoms with Gasteiger partial charge in [0.25, 0.3) is 0 Å². The summed E-state index contributed by atoms with van der Waals surface area (Å²) in [5.41, 5.74) is 9.72. The van der Waals surface area contributed by atoms with E-state index in [-0.39, 0.29) is 18.9 Å². The monoisotopic (exact) mass is 522 g/mol.